The number of nitrogens with one attached hydrogen (secondary N) is 1. The lowest BCUT2D eigenvalue weighted by Crippen LogP contribution is -2.52. The highest BCUT2D eigenvalue weighted by atomic mass is 32.1. The maximum absolute atomic E-state index is 10.9. The molecule has 3 rings (SSSR count). The Bertz CT molecular complexity index is 786. The first-order chi connectivity index (χ1) is 13.7. The number of ether oxygens (including phenoxy) is 1. The molecule has 3 N–H and O–H groups in total. The van der Waals surface area contributed by atoms with Crippen LogP contribution in [0.4, 0.5) is 5.00 Å². The van der Waals surface area contributed by atoms with Gasteiger partial charge in [-0.15, -0.1) is 11.3 Å². The van der Waals surface area contributed by atoms with Crippen molar-refractivity contribution in [2.24, 2.45) is 10.7 Å². The van der Waals surface area contributed by atoms with Crippen LogP contribution in [0.2, 0.25) is 0 Å². The van der Waals surface area contributed by atoms with Crippen LogP contribution in [0, 0.1) is 0 Å². The molecule has 1 aromatic heterocycles. The number of rotatable bonds is 7. The number of benzene rings is 1. The average molecular weight is 402 g/mol. The van der Waals surface area contributed by atoms with Gasteiger partial charge in [0.2, 0.25) is 0 Å². The molecular formula is C20H27N5O2S. The molecule has 1 saturated heterocycles. The van der Waals surface area contributed by atoms with Gasteiger partial charge in [-0.25, -0.2) is 4.99 Å². The van der Waals surface area contributed by atoms with Crippen LogP contribution in [0.25, 0.3) is 0 Å². The number of carbonyl (C=O) groups excluding carboxylic acids is 1. The van der Waals surface area contributed by atoms with Gasteiger partial charge in [-0.05, 0) is 42.1 Å². The summed E-state index contributed by atoms with van der Waals surface area (Å²) >= 11 is 1.78. The topological polar surface area (TPSA) is 83.2 Å². The van der Waals surface area contributed by atoms with Crippen LogP contribution in [0.3, 0.4) is 0 Å². The second-order valence-corrected chi connectivity index (χ2v) is 7.42. The summed E-state index contributed by atoms with van der Waals surface area (Å²) in [5.41, 5.74) is 6.15. The predicted octanol–water partition coefficient (Wildman–Crippen LogP) is 1.90. The van der Waals surface area contributed by atoms with Gasteiger partial charge in [0, 0.05) is 32.7 Å². The van der Waals surface area contributed by atoms with Crippen LogP contribution in [-0.2, 0) is 11.3 Å². The molecule has 2 aromatic rings. The van der Waals surface area contributed by atoms with Crippen LogP contribution in [-0.4, -0.2) is 56.1 Å². The molecule has 7 nitrogen and oxygen atoms in total. The third-order valence-electron chi connectivity index (χ3n) is 4.42. The summed E-state index contributed by atoms with van der Waals surface area (Å²) in [5, 5.41) is 6.84. The van der Waals surface area contributed by atoms with Crippen molar-refractivity contribution in [2.45, 2.75) is 13.5 Å². The minimum atomic E-state index is -0.487. The molecule has 1 aliphatic heterocycles. The maximum Gasteiger partial charge on any atom is 0.255 e. The van der Waals surface area contributed by atoms with E-state index in [2.05, 4.69) is 39.6 Å². The van der Waals surface area contributed by atoms with E-state index in [0.29, 0.717) is 12.3 Å². The first-order valence-corrected chi connectivity index (χ1v) is 10.4. The number of carbonyl (C=O) groups is 1. The Hall–Kier alpha value is -2.74. The quantitative estimate of drug-likeness (QED) is 0.547. The van der Waals surface area contributed by atoms with Crippen molar-refractivity contribution in [3.05, 3.63) is 47.3 Å². The molecule has 0 atom stereocenters. The van der Waals surface area contributed by atoms with Crippen molar-refractivity contribution < 1.29 is 9.53 Å². The van der Waals surface area contributed by atoms with E-state index < -0.39 is 5.91 Å². The maximum atomic E-state index is 10.9. The summed E-state index contributed by atoms with van der Waals surface area (Å²) in [5.74, 6) is 1.07. The normalized spacial score (nSPS) is 14.8. The number of thiophene rings is 1. The molecular weight excluding hydrogens is 374 g/mol. The van der Waals surface area contributed by atoms with Gasteiger partial charge in [-0.3, -0.25) is 4.79 Å². The second kappa shape index (κ2) is 9.98. The van der Waals surface area contributed by atoms with Gasteiger partial charge < -0.3 is 25.6 Å². The van der Waals surface area contributed by atoms with Crippen molar-refractivity contribution in [1.82, 2.24) is 10.2 Å². The van der Waals surface area contributed by atoms with Gasteiger partial charge in [0.25, 0.3) is 5.91 Å². The van der Waals surface area contributed by atoms with Crippen molar-refractivity contribution in [2.75, 3.05) is 44.2 Å². The zero-order valence-corrected chi connectivity index (χ0v) is 17.0. The fourth-order valence-electron chi connectivity index (χ4n) is 3.07. The first-order valence-electron chi connectivity index (χ1n) is 9.47. The Balaban J connectivity index is 1.60. The lowest BCUT2D eigenvalue weighted by Gasteiger charge is -2.37. The molecule has 1 amide bonds. The van der Waals surface area contributed by atoms with Gasteiger partial charge >= 0.3 is 0 Å². The molecule has 150 valence electrons. The third kappa shape index (κ3) is 5.63. The molecule has 0 bridgehead atoms. The largest absolute Gasteiger partial charge is 0.484 e. The van der Waals surface area contributed by atoms with Crippen LogP contribution in [0.15, 0.2) is 46.8 Å². The molecule has 0 unspecified atom stereocenters. The average Bonchev–Trinajstić information content (AvgIpc) is 3.25. The van der Waals surface area contributed by atoms with Crippen molar-refractivity contribution >= 4 is 28.2 Å². The van der Waals surface area contributed by atoms with E-state index in [1.165, 1.54) is 5.00 Å². The van der Waals surface area contributed by atoms with E-state index in [-0.39, 0.29) is 6.61 Å². The molecule has 0 radical (unpaired) electrons. The number of guanidine groups is 1. The number of primary amides is 1. The number of piperazine rings is 1. The summed E-state index contributed by atoms with van der Waals surface area (Å²) in [6.07, 6.45) is 0. The van der Waals surface area contributed by atoms with E-state index in [1.807, 2.05) is 24.3 Å². The number of hydrogen-bond donors (Lipinski definition) is 2. The predicted molar refractivity (Wildman–Crippen MR) is 114 cm³/mol. The Kier molecular flexibility index (Phi) is 7.13. The Morgan fingerprint density at radius 1 is 1.25 bits per heavy atom. The zero-order chi connectivity index (χ0) is 19.8. The van der Waals surface area contributed by atoms with E-state index in [1.54, 1.807) is 11.3 Å². The van der Waals surface area contributed by atoms with Gasteiger partial charge in [0.1, 0.15) is 5.75 Å². The molecule has 28 heavy (non-hydrogen) atoms. The summed E-state index contributed by atoms with van der Waals surface area (Å²) in [6, 6.07) is 11.9. The lowest BCUT2D eigenvalue weighted by molar-refractivity contribution is -0.119. The van der Waals surface area contributed by atoms with Gasteiger partial charge in [-0.2, -0.15) is 0 Å². The summed E-state index contributed by atoms with van der Waals surface area (Å²) in [6.45, 7) is 7.17. The van der Waals surface area contributed by atoms with Crippen LogP contribution < -0.4 is 20.7 Å². The lowest BCUT2D eigenvalue weighted by atomic mass is 10.2. The fraction of sp³-hybridized carbons (Fsp3) is 0.400. The summed E-state index contributed by atoms with van der Waals surface area (Å²) in [4.78, 5) is 20.4. The molecule has 1 aromatic carbocycles. The number of nitrogens with zero attached hydrogens (tertiary/aromatic N) is 3. The molecule has 8 heteroatoms. The fourth-order valence-corrected chi connectivity index (χ4v) is 3.85. The number of hydrogen-bond acceptors (Lipinski definition) is 5. The molecule has 0 saturated carbocycles. The minimum absolute atomic E-state index is 0.121. The van der Waals surface area contributed by atoms with Crippen LogP contribution in [0.5, 0.6) is 5.75 Å². The number of nitrogens with two attached hydrogens (primary N) is 1. The number of anilines is 1. The minimum Gasteiger partial charge on any atom is -0.484 e. The smallest absolute Gasteiger partial charge is 0.255 e. The number of aliphatic imine (C=N–C) groups is 1. The Labute approximate surface area is 169 Å². The van der Waals surface area contributed by atoms with Gasteiger partial charge in [-0.1, -0.05) is 12.1 Å². The van der Waals surface area contributed by atoms with E-state index in [0.717, 1.165) is 44.2 Å². The van der Waals surface area contributed by atoms with Gasteiger partial charge in [0.15, 0.2) is 12.6 Å². The van der Waals surface area contributed by atoms with E-state index in [4.69, 9.17) is 15.5 Å². The zero-order valence-electron chi connectivity index (χ0n) is 16.1. The van der Waals surface area contributed by atoms with Crippen molar-refractivity contribution in [3.63, 3.8) is 0 Å². The van der Waals surface area contributed by atoms with Crippen molar-refractivity contribution in [3.8, 4) is 5.75 Å². The van der Waals surface area contributed by atoms with E-state index in [9.17, 15) is 4.79 Å². The number of amides is 1. The van der Waals surface area contributed by atoms with Crippen molar-refractivity contribution in [1.29, 1.82) is 0 Å². The molecule has 0 spiro atoms. The third-order valence-corrected chi connectivity index (χ3v) is 5.35. The highest BCUT2D eigenvalue weighted by Crippen LogP contribution is 2.22. The monoisotopic (exact) mass is 401 g/mol. The molecule has 2 heterocycles. The highest BCUT2D eigenvalue weighted by Gasteiger charge is 2.20. The first kappa shape index (κ1) is 20.0. The van der Waals surface area contributed by atoms with Crippen LogP contribution in [0.1, 0.15) is 12.5 Å². The molecule has 0 aliphatic carbocycles. The summed E-state index contributed by atoms with van der Waals surface area (Å²) in [7, 11) is 0. The standard InChI is InChI=1S/C20H27N5O2S/c1-2-22-20(25-10-8-24(9-11-25)19-7-4-12-28-19)23-14-16-5-3-6-17(13-16)27-15-18(21)26/h3-7,12-13H,2,8-11,14-15H2,1H3,(H2,21,26)(H,22,23). The summed E-state index contributed by atoms with van der Waals surface area (Å²) < 4.78 is 5.37. The van der Waals surface area contributed by atoms with Gasteiger partial charge in [0.05, 0.1) is 11.5 Å². The second-order valence-electron chi connectivity index (χ2n) is 6.50. The molecule has 1 aliphatic rings. The van der Waals surface area contributed by atoms with Crippen LogP contribution >= 0.6 is 11.3 Å². The van der Waals surface area contributed by atoms with E-state index >= 15 is 0 Å². The highest BCUT2D eigenvalue weighted by molar-refractivity contribution is 7.14. The SMILES string of the molecule is CCNC(=NCc1cccc(OCC(N)=O)c1)N1CCN(c2cccs2)CC1. The Morgan fingerprint density at radius 2 is 2.07 bits per heavy atom. The molecule has 1 fully saturated rings. The Morgan fingerprint density at radius 3 is 2.75 bits per heavy atom.